The van der Waals surface area contributed by atoms with Gasteiger partial charge in [0, 0.05) is 29.1 Å². The number of carbonyl (C=O) groups is 1. The van der Waals surface area contributed by atoms with Crippen LogP contribution in [0.5, 0.6) is 11.5 Å². The first-order valence-corrected chi connectivity index (χ1v) is 9.11. The molecule has 0 unspecified atom stereocenters. The summed E-state index contributed by atoms with van der Waals surface area (Å²) in [6.45, 7) is 9.22. The van der Waals surface area contributed by atoms with E-state index in [9.17, 15) is 10.1 Å². The summed E-state index contributed by atoms with van der Waals surface area (Å²) >= 11 is 0. The van der Waals surface area contributed by atoms with Crippen LogP contribution in [0.1, 0.15) is 47.6 Å². The Morgan fingerprint density at radius 3 is 2.63 bits per heavy atom. The second-order valence-electron chi connectivity index (χ2n) is 6.25. The summed E-state index contributed by atoms with van der Waals surface area (Å²) in [5.41, 5.74) is 3.17. The number of nitriles is 1. The number of rotatable bonds is 8. The molecule has 0 aliphatic rings. The van der Waals surface area contributed by atoms with Crippen LogP contribution in [0.15, 0.2) is 29.8 Å². The number of aromatic nitrogens is 1. The van der Waals surface area contributed by atoms with E-state index >= 15 is 0 Å². The molecule has 1 aromatic carbocycles. The van der Waals surface area contributed by atoms with Gasteiger partial charge < -0.3 is 14.0 Å². The lowest BCUT2D eigenvalue weighted by Crippen LogP contribution is -2.06. The van der Waals surface area contributed by atoms with Gasteiger partial charge in [-0.3, -0.25) is 4.79 Å². The number of benzene rings is 1. The van der Waals surface area contributed by atoms with E-state index in [-0.39, 0.29) is 11.4 Å². The third-order valence-electron chi connectivity index (χ3n) is 4.44. The van der Waals surface area contributed by atoms with E-state index in [2.05, 4.69) is 11.5 Å². The molecule has 0 amide bonds. The molecule has 0 saturated heterocycles. The van der Waals surface area contributed by atoms with Gasteiger partial charge in [0.1, 0.15) is 11.6 Å². The number of nitrogens with zero attached hydrogens (tertiary/aromatic N) is 2. The molecular formula is C22H26N2O3. The van der Waals surface area contributed by atoms with Crippen molar-refractivity contribution in [1.29, 1.82) is 5.26 Å². The van der Waals surface area contributed by atoms with Gasteiger partial charge in [0.05, 0.1) is 13.7 Å². The Hall–Kier alpha value is -3.00. The summed E-state index contributed by atoms with van der Waals surface area (Å²) in [6.07, 6.45) is 2.54. The van der Waals surface area contributed by atoms with Gasteiger partial charge in [-0.15, -0.1) is 0 Å². The molecule has 0 bridgehead atoms. The molecule has 2 rings (SSSR count). The van der Waals surface area contributed by atoms with Gasteiger partial charge in [-0.1, -0.05) is 19.1 Å². The first-order valence-electron chi connectivity index (χ1n) is 9.11. The van der Waals surface area contributed by atoms with Crippen molar-refractivity contribution in [1.82, 2.24) is 4.57 Å². The highest BCUT2D eigenvalue weighted by molar-refractivity contribution is 6.15. The Morgan fingerprint density at radius 2 is 2.04 bits per heavy atom. The number of para-hydroxylation sites is 1. The fourth-order valence-corrected chi connectivity index (χ4v) is 3.18. The first-order chi connectivity index (χ1) is 13.0. The van der Waals surface area contributed by atoms with Crippen LogP contribution in [0, 0.1) is 25.2 Å². The number of aryl methyl sites for hydroxylation is 1. The van der Waals surface area contributed by atoms with Crippen LogP contribution in [0.3, 0.4) is 0 Å². The molecule has 142 valence electrons. The van der Waals surface area contributed by atoms with E-state index in [1.165, 1.54) is 0 Å². The fourth-order valence-electron chi connectivity index (χ4n) is 3.18. The van der Waals surface area contributed by atoms with Crippen molar-refractivity contribution >= 4 is 11.9 Å². The molecule has 0 fully saturated rings. The van der Waals surface area contributed by atoms with Gasteiger partial charge in [0.15, 0.2) is 11.5 Å². The molecule has 0 aliphatic heterocycles. The third kappa shape index (κ3) is 4.22. The van der Waals surface area contributed by atoms with Crippen molar-refractivity contribution in [2.45, 2.75) is 40.7 Å². The lowest BCUT2D eigenvalue weighted by atomic mass is 10.0. The Bertz CT molecular complexity index is 901. The Morgan fingerprint density at radius 1 is 1.30 bits per heavy atom. The zero-order valence-corrected chi connectivity index (χ0v) is 16.6. The molecule has 0 aliphatic carbocycles. The first kappa shape index (κ1) is 20.3. The van der Waals surface area contributed by atoms with E-state index in [4.69, 9.17) is 9.47 Å². The zero-order valence-electron chi connectivity index (χ0n) is 16.6. The summed E-state index contributed by atoms with van der Waals surface area (Å²) in [4.78, 5) is 13.0. The molecule has 1 aromatic heterocycles. The summed E-state index contributed by atoms with van der Waals surface area (Å²) in [5.74, 6) is 0.813. The SMILES string of the molecule is CCCn1c(C)cc(C(=O)/C(C#N)=C/c2cccc(OCC)c2OC)c1C. The number of carbonyl (C=O) groups excluding carboxylic acids is 1. The highest BCUT2D eigenvalue weighted by Gasteiger charge is 2.20. The molecule has 0 N–H and O–H groups in total. The molecule has 0 radical (unpaired) electrons. The highest BCUT2D eigenvalue weighted by Crippen LogP contribution is 2.33. The van der Waals surface area contributed by atoms with Crippen LogP contribution < -0.4 is 9.47 Å². The van der Waals surface area contributed by atoms with Gasteiger partial charge in [-0.25, -0.2) is 0 Å². The number of hydrogen-bond acceptors (Lipinski definition) is 4. The normalized spacial score (nSPS) is 11.2. The molecular weight excluding hydrogens is 340 g/mol. The molecule has 27 heavy (non-hydrogen) atoms. The van der Waals surface area contributed by atoms with Crippen LogP contribution in [-0.4, -0.2) is 24.1 Å². The smallest absolute Gasteiger partial charge is 0.205 e. The van der Waals surface area contributed by atoms with Crippen molar-refractivity contribution in [2.75, 3.05) is 13.7 Å². The Balaban J connectivity index is 2.49. The van der Waals surface area contributed by atoms with Crippen molar-refractivity contribution in [2.24, 2.45) is 0 Å². The molecule has 5 nitrogen and oxygen atoms in total. The van der Waals surface area contributed by atoms with E-state index < -0.39 is 0 Å². The maximum absolute atomic E-state index is 13.0. The van der Waals surface area contributed by atoms with Gasteiger partial charge >= 0.3 is 0 Å². The Labute approximate surface area is 160 Å². The van der Waals surface area contributed by atoms with Crippen LogP contribution in [0.25, 0.3) is 6.08 Å². The summed E-state index contributed by atoms with van der Waals surface area (Å²) in [7, 11) is 1.54. The largest absolute Gasteiger partial charge is 0.492 e. The zero-order chi connectivity index (χ0) is 20.0. The van der Waals surface area contributed by atoms with Gasteiger partial charge in [-0.05, 0) is 45.4 Å². The second kappa shape index (κ2) is 9.09. The molecule has 0 atom stereocenters. The van der Waals surface area contributed by atoms with Gasteiger partial charge in [0.2, 0.25) is 5.78 Å². The molecule has 0 spiro atoms. The second-order valence-corrected chi connectivity index (χ2v) is 6.25. The average molecular weight is 366 g/mol. The maximum Gasteiger partial charge on any atom is 0.205 e. The molecule has 1 heterocycles. The number of hydrogen-bond donors (Lipinski definition) is 0. The topological polar surface area (TPSA) is 64.2 Å². The predicted octanol–water partition coefficient (Wildman–Crippen LogP) is 4.71. The minimum absolute atomic E-state index is 0.0682. The third-order valence-corrected chi connectivity index (χ3v) is 4.44. The predicted molar refractivity (Wildman–Crippen MR) is 106 cm³/mol. The van der Waals surface area contributed by atoms with E-state index in [0.29, 0.717) is 29.2 Å². The lowest BCUT2D eigenvalue weighted by Gasteiger charge is -2.12. The van der Waals surface area contributed by atoms with Crippen molar-refractivity contribution in [3.8, 4) is 17.6 Å². The summed E-state index contributed by atoms with van der Waals surface area (Å²) < 4.78 is 13.1. The van der Waals surface area contributed by atoms with E-state index in [0.717, 1.165) is 24.4 Å². The van der Waals surface area contributed by atoms with Crippen LogP contribution >= 0.6 is 0 Å². The average Bonchev–Trinajstić information content (AvgIpc) is 2.94. The van der Waals surface area contributed by atoms with Crippen molar-refractivity contribution in [3.63, 3.8) is 0 Å². The number of ketones is 1. The van der Waals surface area contributed by atoms with Crippen LogP contribution in [0.2, 0.25) is 0 Å². The van der Waals surface area contributed by atoms with E-state index in [1.54, 1.807) is 25.3 Å². The number of Topliss-reactive ketones (excluding diaryl/α,β-unsaturated/α-hetero) is 1. The quantitative estimate of drug-likeness (QED) is 0.385. The van der Waals surface area contributed by atoms with E-state index in [1.807, 2.05) is 39.0 Å². The summed E-state index contributed by atoms with van der Waals surface area (Å²) in [6, 6.07) is 9.31. The standard InChI is InChI=1S/C22H26N2O3/c1-6-11-24-15(3)12-19(16(24)4)21(25)18(14-23)13-17-9-8-10-20(27-7-2)22(17)26-5/h8-10,12-13H,6-7,11H2,1-5H3/b18-13+. The fraction of sp³-hybridized carbons (Fsp3) is 0.364. The Kier molecular flexibility index (Phi) is 6.84. The van der Waals surface area contributed by atoms with Crippen molar-refractivity contribution < 1.29 is 14.3 Å². The number of allylic oxidation sites excluding steroid dienone is 1. The minimum atomic E-state index is -0.281. The molecule has 2 aromatic rings. The lowest BCUT2D eigenvalue weighted by molar-refractivity contribution is 0.103. The van der Waals surface area contributed by atoms with Crippen molar-refractivity contribution in [3.05, 3.63) is 52.4 Å². The van der Waals surface area contributed by atoms with Gasteiger partial charge in [-0.2, -0.15) is 5.26 Å². The number of methoxy groups -OCH3 is 1. The van der Waals surface area contributed by atoms with Crippen LogP contribution in [-0.2, 0) is 6.54 Å². The summed E-state index contributed by atoms with van der Waals surface area (Å²) in [5, 5.41) is 9.61. The molecule has 0 saturated carbocycles. The van der Waals surface area contributed by atoms with Crippen LogP contribution in [0.4, 0.5) is 0 Å². The molecule has 5 heteroatoms. The minimum Gasteiger partial charge on any atom is -0.492 e. The highest BCUT2D eigenvalue weighted by atomic mass is 16.5. The maximum atomic E-state index is 13.0. The monoisotopic (exact) mass is 366 g/mol. The number of ether oxygens (including phenoxy) is 2. The van der Waals surface area contributed by atoms with Gasteiger partial charge in [0.25, 0.3) is 0 Å².